The van der Waals surface area contributed by atoms with E-state index in [1.807, 2.05) is 30.5 Å². The number of benzene rings is 1. The monoisotopic (exact) mass is 351 g/mol. The highest BCUT2D eigenvalue weighted by atomic mass is 16.3. The summed E-state index contributed by atoms with van der Waals surface area (Å²) in [7, 11) is 0. The van der Waals surface area contributed by atoms with E-state index in [0.717, 1.165) is 50.4 Å². The fourth-order valence-corrected chi connectivity index (χ4v) is 3.49. The number of fused-ring (bicyclic) bond motifs is 2. The van der Waals surface area contributed by atoms with Crippen LogP contribution in [0.15, 0.2) is 36.5 Å². The van der Waals surface area contributed by atoms with Crippen molar-refractivity contribution in [1.82, 2.24) is 24.7 Å². The minimum absolute atomic E-state index is 0.609. The first-order valence-electron chi connectivity index (χ1n) is 9.19. The molecule has 3 aromatic rings. The second-order valence-corrected chi connectivity index (χ2v) is 7.79. The van der Waals surface area contributed by atoms with E-state index in [9.17, 15) is 5.11 Å². The maximum absolute atomic E-state index is 9.92. The van der Waals surface area contributed by atoms with Crippen molar-refractivity contribution < 1.29 is 5.11 Å². The van der Waals surface area contributed by atoms with Crippen LogP contribution in [-0.4, -0.2) is 42.0 Å². The Morgan fingerprint density at radius 1 is 1.15 bits per heavy atom. The summed E-state index contributed by atoms with van der Waals surface area (Å²) < 4.78 is 1.81. The molecule has 0 amide bonds. The Hall–Kier alpha value is -2.31. The molecule has 0 unspecified atom stereocenters. The van der Waals surface area contributed by atoms with Crippen LogP contribution in [0.3, 0.4) is 0 Å². The molecule has 1 N–H and O–H groups in total. The number of aliphatic hydroxyl groups is 1. The van der Waals surface area contributed by atoms with E-state index >= 15 is 0 Å². The third kappa shape index (κ3) is 3.76. The highest BCUT2D eigenvalue weighted by Crippen LogP contribution is 2.23. The Kier molecular flexibility index (Phi) is 4.46. The summed E-state index contributed by atoms with van der Waals surface area (Å²) in [6.45, 7) is 6.41. The zero-order valence-electron chi connectivity index (χ0n) is 15.4. The van der Waals surface area contributed by atoms with Gasteiger partial charge in [0.2, 0.25) is 0 Å². The second-order valence-electron chi connectivity index (χ2n) is 7.79. The summed E-state index contributed by atoms with van der Waals surface area (Å²) in [5.74, 6) is 0.880. The quantitative estimate of drug-likeness (QED) is 0.764. The van der Waals surface area contributed by atoms with Gasteiger partial charge in [-0.2, -0.15) is 9.61 Å². The van der Waals surface area contributed by atoms with Crippen molar-refractivity contribution in [1.29, 1.82) is 0 Å². The Balaban J connectivity index is 1.45. The van der Waals surface area contributed by atoms with E-state index in [0.29, 0.717) is 0 Å². The van der Waals surface area contributed by atoms with E-state index in [1.54, 1.807) is 6.20 Å². The van der Waals surface area contributed by atoms with Crippen molar-refractivity contribution in [3.05, 3.63) is 59.0 Å². The average Bonchev–Trinajstić information content (AvgIpc) is 3.02. The summed E-state index contributed by atoms with van der Waals surface area (Å²) in [6, 6.07) is 10.5. The molecule has 0 bridgehead atoms. The van der Waals surface area contributed by atoms with Crippen LogP contribution in [0.5, 0.6) is 0 Å². The summed E-state index contributed by atoms with van der Waals surface area (Å²) >= 11 is 0. The molecule has 0 aliphatic carbocycles. The third-order valence-electron chi connectivity index (χ3n) is 5.00. The Morgan fingerprint density at radius 2 is 2.04 bits per heavy atom. The van der Waals surface area contributed by atoms with Crippen LogP contribution in [0.25, 0.3) is 5.65 Å². The molecule has 1 aliphatic rings. The summed E-state index contributed by atoms with van der Waals surface area (Å²) in [5, 5.41) is 22.7. The largest absolute Gasteiger partial charge is 0.390 e. The molecule has 6 heteroatoms. The molecule has 1 aliphatic heterocycles. The van der Waals surface area contributed by atoms with Crippen LogP contribution in [-0.2, 0) is 25.9 Å². The molecule has 136 valence electrons. The molecule has 1 aromatic carbocycles. The predicted molar refractivity (Wildman–Crippen MR) is 99.7 cm³/mol. The summed E-state index contributed by atoms with van der Waals surface area (Å²) in [6.07, 6.45) is 4.50. The average molecular weight is 351 g/mol. The van der Waals surface area contributed by atoms with Crippen LogP contribution in [0.2, 0.25) is 0 Å². The van der Waals surface area contributed by atoms with Gasteiger partial charge in [0.25, 0.3) is 0 Å². The minimum Gasteiger partial charge on any atom is -0.390 e. The smallest absolute Gasteiger partial charge is 0.177 e. The first kappa shape index (κ1) is 17.1. The van der Waals surface area contributed by atoms with Gasteiger partial charge in [-0.05, 0) is 61.9 Å². The van der Waals surface area contributed by atoms with Crippen molar-refractivity contribution >= 4 is 5.65 Å². The van der Waals surface area contributed by atoms with Crippen molar-refractivity contribution in [2.45, 2.75) is 51.8 Å². The van der Waals surface area contributed by atoms with Crippen molar-refractivity contribution in [3.63, 3.8) is 0 Å². The minimum atomic E-state index is -0.609. The number of nitrogens with zero attached hydrogens (tertiary/aromatic N) is 5. The van der Waals surface area contributed by atoms with Gasteiger partial charge >= 0.3 is 0 Å². The van der Waals surface area contributed by atoms with Gasteiger partial charge in [0.05, 0.1) is 12.1 Å². The molecule has 2 aromatic heterocycles. The molecule has 4 rings (SSSR count). The van der Waals surface area contributed by atoms with Gasteiger partial charge in [0, 0.05) is 19.3 Å². The molecule has 0 saturated carbocycles. The van der Waals surface area contributed by atoms with Crippen LogP contribution in [0.4, 0.5) is 0 Å². The van der Waals surface area contributed by atoms with E-state index in [-0.39, 0.29) is 0 Å². The van der Waals surface area contributed by atoms with Gasteiger partial charge in [-0.1, -0.05) is 18.2 Å². The van der Waals surface area contributed by atoms with E-state index in [4.69, 9.17) is 0 Å². The molecule has 0 radical (unpaired) electrons. The standard InChI is InChI=1S/C20H25N5O/c1-20(2,26)9-7-15-5-6-17-13-24(11-8-16(17)12-15)14-19-23-22-18-4-3-10-21-25(18)19/h3-6,10,12,26H,7-9,11,13-14H2,1-2H3. The van der Waals surface area contributed by atoms with E-state index in [2.05, 4.69) is 38.4 Å². The van der Waals surface area contributed by atoms with Crippen molar-refractivity contribution in [2.75, 3.05) is 6.54 Å². The van der Waals surface area contributed by atoms with E-state index < -0.39 is 5.60 Å². The van der Waals surface area contributed by atoms with Gasteiger partial charge in [0.15, 0.2) is 11.5 Å². The fourth-order valence-electron chi connectivity index (χ4n) is 3.49. The second kappa shape index (κ2) is 6.78. The molecular formula is C20H25N5O. The molecule has 0 atom stereocenters. The molecule has 0 saturated heterocycles. The lowest BCUT2D eigenvalue weighted by Gasteiger charge is -2.28. The number of aryl methyl sites for hydroxylation is 1. The SMILES string of the molecule is CC(C)(O)CCc1ccc2c(c1)CCN(Cc1nnc3cccnn13)C2. The van der Waals surface area contributed by atoms with E-state index in [1.165, 1.54) is 16.7 Å². The molecule has 0 spiro atoms. The van der Waals surface area contributed by atoms with Crippen LogP contribution in [0.1, 0.15) is 42.8 Å². The van der Waals surface area contributed by atoms with Crippen molar-refractivity contribution in [2.24, 2.45) is 0 Å². The van der Waals surface area contributed by atoms with Gasteiger partial charge < -0.3 is 5.11 Å². The Labute approximate surface area is 153 Å². The third-order valence-corrected chi connectivity index (χ3v) is 5.00. The number of hydrogen-bond donors (Lipinski definition) is 1. The summed E-state index contributed by atoms with van der Waals surface area (Å²) in [5.41, 5.74) is 4.30. The normalized spacial score (nSPS) is 15.3. The lowest BCUT2D eigenvalue weighted by Crippen LogP contribution is -2.31. The van der Waals surface area contributed by atoms with Crippen molar-refractivity contribution in [3.8, 4) is 0 Å². The molecule has 6 nitrogen and oxygen atoms in total. The molecule has 3 heterocycles. The highest BCUT2D eigenvalue weighted by molar-refractivity contribution is 5.35. The maximum atomic E-state index is 9.92. The predicted octanol–water partition coefficient (Wildman–Crippen LogP) is 2.39. The Bertz CT molecular complexity index is 912. The highest BCUT2D eigenvalue weighted by Gasteiger charge is 2.19. The summed E-state index contributed by atoms with van der Waals surface area (Å²) in [4.78, 5) is 2.39. The van der Waals surface area contributed by atoms with Gasteiger partial charge in [0.1, 0.15) is 0 Å². The number of aromatic nitrogens is 4. The first-order chi connectivity index (χ1) is 12.5. The maximum Gasteiger partial charge on any atom is 0.177 e. The van der Waals surface area contributed by atoms with Crippen LogP contribution < -0.4 is 0 Å². The first-order valence-corrected chi connectivity index (χ1v) is 9.19. The van der Waals surface area contributed by atoms with Gasteiger partial charge in [-0.15, -0.1) is 10.2 Å². The molecule has 0 fully saturated rings. The topological polar surface area (TPSA) is 66.5 Å². The van der Waals surface area contributed by atoms with Gasteiger partial charge in [-0.25, -0.2) is 0 Å². The fraction of sp³-hybridized carbons (Fsp3) is 0.450. The molecular weight excluding hydrogens is 326 g/mol. The lowest BCUT2D eigenvalue weighted by molar-refractivity contribution is 0.0714. The van der Waals surface area contributed by atoms with Crippen LogP contribution >= 0.6 is 0 Å². The zero-order valence-corrected chi connectivity index (χ0v) is 15.4. The molecule has 26 heavy (non-hydrogen) atoms. The zero-order chi connectivity index (χ0) is 18.1. The van der Waals surface area contributed by atoms with Crippen LogP contribution in [0, 0.1) is 0 Å². The lowest BCUT2D eigenvalue weighted by atomic mass is 9.93. The number of hydrogen-bond acceptors (Lipinski definition) is 5. The number of rotatable bonds is 5. The van der Waals surface area contributed by atoms with Gasteiger partial charge in [-0.3, -0.25) is 4.90 Å². The Morgan fingerprint density at radius 3 is 2.88 bits per heavy atom.